The second-order valence-corrected chi connectivity index (χ2v) is 5.49. The molecule has 0 bridgehead atoms. The number of rotatable bonds is 6. The second kappa shape index (κ2) is 8.02. The van der Waals surface area contributed by atoms with Gasteiger partial charge in [0.05, 0.1) is 12.7 Å². The van der Waals surface area contributed by atoms with E-state index in [4.69, 9.17) is 9.47 Å². The van der Waals surface area contributed by atoms with Gasteiger partial charge in [0.2, 0.25) is 5.88 Å². The van der Waals surface area contributed by atoms with Crippen molar-refractivity contribution >= 4 is 5.91 Å². The van der Waals surface area contributed by atoms with Crippen LogP contribution in [0.5, 0.6) is 23.1 Å². The number of pyridine rings is 1. The topological polar surface area (TPSA) is 80.7 Å². The van der Waals surface area contributed by atoms with E-state index >= 15 is 0 Å². The number of nitrogens with one attached hydrogen (secondary N) is 1. The number of carbonyl (C=O) groups is 1. The number of carbonyl (C=O) groups excluding carboxylic acids is 1. The molecule has 26 heavy (non-hydrogen) atoms. The van der Waals surface area contributed by atoms with Crippen LogP contribution in [0.1, 0.15) is 15.9 Å². The third-order valence-electron chi connectivity index (χ3n) is 3.66. The number of aromatic nitrogens is 1. The van der Waals surface area contributed by atoms with E-state index in [0.29, 0.717) is 23.9 Å². The highest BCUT2D eigenvalue weighted by Crippen LogP contribution is 2.23. The summed E-state index contributed by atoms with van der Waals surface area (Å²) in [5, 5.41) is 12.4. The Morgan fingerprint density at radius 1 is 1.08 bits per heavy atom. The molecule has 1 aromatic heterocycles. The largest absolute Gasteiger partial charge is 0.507 e. The molecule has 2 N–H and O–H groups in total. The molecule has 132 valence electrons. The summed E-state index contributed by atoms with van der Waals surface area (Å²) in [6, 6.07) is 17.2. The Morgan fingerprint density at radius 2 is 1.88 bits per heavy atom. The summed E-state index contributed by atoms with van der Waals surface area (Å²) in [6.45, 7) is 0.291. The summed E-state index contributed by atoms with van der Waals surface area (Å²) in [4.78, 5) is 16.3. The van der Waals surface area contributed by atoms with E-state index in [1.54, 1.807) is 43.6 Å². The number of phenolic OH excluding ortho intramolecular Hbond substituents is 1. The molecule has 0 saturated heterocycles. The van der Waals surface area contributed by atoms with Crippen molar-refractivity contribution in [1.82, 2.24) is 10.3 Å². The normalized spacial score (nSPS) is 10.2. The van der Waals surface area contributed by atoms with E-state index in [2.05, 4.69) is 10.3 Å². The number of aromatic hydroxyl groups is 1. The minimum absolute atomic E-state index is 0.0508. The predicted molar refractivity (Wildman–Crippen MR) is 96.6 cm³/mol. The van der Waals surface area contributed by atoms with Gasteiger partial charge in [0.15, 0.2) is 0 Å². The van der Waals surface area contributed by atoms with Crippen LogP contribution in [0.15, 0.2) is 66.9 Å². The summed E-state index contributed by atoms with van der Waals surface area (Å²) in [6.07, 6.45) is 1.63. The summed E-state index contributed by atoms with van der Waals surface area (Å²) in [5.74, 6) is 1.36. The molecule has 3 aromatic rings. The summed E-state index contributed by atoms with van der Waals surface area (Å²) < 4.78 is 10.8. The van der Waals surface area contributed by atoms with Crippen molar-refractivity contribution in [2.24, 2.45) is 0 Å². The molecule has 0 radical (unpaired) electrons. The molecule has 0 atom stereocenters. The number of phenols is 1. The van der Waals surface area contributed by atoms with E-state index in [9.17, 15) is 9.90 Å². The lowest BCUT2D eigenvalue weighted by Crippen LogP contribution is -2.22. The molecular formula is C20H18N2O4. The van der Waals surface area contributed by atoms with Crippen molar-refractivity contribution in [2.75, 3.05) is 7.11 Å². The van der Waals surface area contributed by atoms with E-state index in [0.717, 1.165) is 5.56 Å². The Labute approximate surface area is 151 Å². The van der Waals surface area contributed by atoms with Crippen LogP contribution < -0.4 is 14.8 Å². The van der Waals surface area contributed by atoms with Crippen LogP contribution in [-0.2, 0) is 6.54 Å². The van der Waals surface area contributed by atoms with E-state index in [1.807, 2.05) is 24.3 Å². The van der Waals surface area contributed by atoms with Gasteiger partial charge in [-0.15, -0.1) is 0 Å². The van der Waals surface area contributed by atoms with Gasteiger partial charge < -0.3 is 19.9 Å². The van der Waals surface area contributed by atoms with E-state index in [-0.39, 0.29) is 17.2 Å². The summed E-state index contributed by atoms with van der Waals surface area (Å²) >= 11 is 0. The SMILES string of the molecule is COc1cccc(Oc2ccc(CNC(=O)c3ccccc3O)cn2)c1. The van der Waals surface area contributed by atoms with Gasteiger partial charge in [0, 0.05) is 24.9 Å². The number of benzene rings is 2. The number of para-hydroxylation sites is 1. The first kappa shape index (κ1) is 17.3. The number of hydrogen-bond donors (Lipinski definition) is 2. The fraction of sp³-hybridized carbons (Fsp3) is 0.100. The zero-order valence-corrected chi connectivity index (χ0v) is 14.2. The molecule has 0 fully saturated rings. The average molecular weight is 350 g/mol. The fourth-order valence-electron chi connectivity index (χ4n) is 2.30. The van der Waals surface area contributed by atoms with Crippen molar-refractivity contribution in [3.8, 4) is 23.1 Å². The maximum atomic E-state index is 12.1. The molecule has 6 nitrogen and oxygen atoms in total. The van der Waals surface area contributed by atoms with Gasteiger partial charge in [-0.1, -0.05) is 24.3 Å². The highest BCUT2D eigenvalue weighted by molar-refractivity contribution is 5.96. The second-order valence-electron chi connectivity index (χ2n) is 5.49. The lowest BCUT2D eigenvalue weighted by atomic mass is 10.2. The quantitative estimate of drug-likeness (QED) is 0.711. The van der Waals surface area contributed by atoms with Crippen LogP contribution >= 0.6 is 0 Å². The third-order valence-corrected chi connectivity index (χ3v) is 3.66. The Balaban J connectivity index is 1.59. The Hall–Kier alpha value is -3.54. The van der Waals surface area contributed by atoms with Crippen LogP contribution in [0.25, 0.3) is 0 Å². The molecule has 6 heteroatoms. The lowest BCUT2D eigenvalue weighted by Gasteiger charge is -2.08. The van der Waals surface area contributed by atoms with Crippen molar-refractivity contribution in [3.05, 3.63) is 78.0 Å². The first-order valence-electron chi connectivity index (χ1n) is 7.99. The highest BCUT2D eigenvalue weighted by Gasteiger charge is 2.09. The van der Waals surface area contributed by atoms with Crippen LogP contribution in [0.2, 0.25) is 0 Å². The average Bonchev–Trinajstić information content (AvgIpc) is 2.68. The standard InChI is InChI=1S/C20H18N2O4/c1-25-15-5-4-6-16(11-15)26-19-10-9-14(12-21-19)13-22-20(24)17-7-2-3-8-18(17)23/h2-12,23H,13H2,1H3,(H,22,24). The molecule has 2 aromatic carbocycles. The molecule has 3 rings (SSSR count). The molecule has 0 unspecified atom stereocenters. The first-order valence-corrected chi connectivity index (χ1v) is 7.99. The zero-order chi connectivity index (χ0) is 18.4. The molecule has 0 aliphatic rings. The molecule has 1 heterocycles. The van der Waals surface area contributed by atoms with Crippen LogP contribution in [0.3, 0.4) is 0 Å². The van der Waals surface area contributed by atoms with E-state index < -0.39 is 0 Å². The van der Waals surface area contributed by atoms with E-state index in [1.165, 1.54) is 6.07 Å². The number of amides is 1. The monoisotopic (exact) mass is 350 g/mol. The number of hydrogen-bond acceptors (Lipinski definition) is 5. The van der Waals surface area contributed by atoms with Crippen molar-refractivity contribution in [1.29, 1.82) is 0 Å². The van der Waals surface area contributed by atoms with Gasteiger partial charge in [-0.05, 0) is 29.8 Å². The maximum absolute atomic E-state index is 12.1. The van der Waals surface area contributed by atoms with Gasteiger partial charge in [-0.25, -0.2) is 4.98 Å². The van der Waals surface area contributed by atoms with Crippen molar-refractivity contribution < 1.29 is 19.4 Å². The maximum Gasteiger partial charge on any atom is 0.255 e. The molecule has 0 saturated carbocycles. The zero-order valence-electron chi connectivity index (χ0n) is 14.2. The smallest absolute Gasteiger partial charge is 0.255 e. The van der Waals surface area contributed by atoms with Gasteiger partial charge >= 0.3 is 0 Å². The van der Waals surface area contributed by atoms with Gasteiger partial charge in [-0.2, -0.15) is 0 Å². The number of nitrogens with zero attached hydrogens (tertiary/aromatic N) is 1. The minimum atomic E-state index is -0.347. The third kappa shape index (κ3) is 4.30. The van der Waals surface area contributed by atoms with Gasteiger partial charge in [-0.3, -0.25) is 4.79 Å². The van der Waals surface area contributed by atoms with Crippen molar-refractivity contribution in [3.63, 3.8) is 0 Å². The predicted octanol–water partition coefficient (Wildman–Crippen LogP) is 3.52. The minimum Gasteiger partial charge on any atom is -0.507 e. The number of methoxy groups -OCH3 is 1. The molecule has 0 aliphatic heterocycles. The number of ether oxygens (including phenoxy) is 2. The molecular weight excluding hydrogens is 332 g/mol. The Bertz CT molecular complexity index is 894. The summed E-state index contributed by atoms with van der Waals surface area (Å²) in [5.41, 5.74) is 1.05. The van der Waals surface area contributed by atoms with Crippen molar-refractivity contribution in [2.45, 2.75) is 6.54 Å². The fourth-order valence-corrected chi connectivity index (χ4v) is 2.30. The first-order chi connectivity index (χ1) is 12.7. The molecule has 1 amide bonds. The van der Waals surface area contributed by atoms with Gasteiger partial charge in [0.25, 0.3) is 5.91 Å². The molecule has 0 aliphatic carbocycles. The summed E-state index contributed by atoms with van der Waals surface area (Å²) in [7, 11) is 1.59. The molecule has 0 spiro atoms. The van der Waals surface area contributed by atoms with Crippen LogP contribution in [0.4, 0.5) is 0 Å². The van der Waals surface area contributed by atoms with Crippen LogP contribution in [-0.4, -0.2) is 23.1 Å². The Morgan fingerprint density at radius 3 is 2.62 bits per heavy atom. The Kier molecular flexibility index (Phi) is 5.34. The van der Waals surface area contributed by atoms with Gasteiger partial charge in [0.1, 0.15) is 17.2 Å². The highest BCUT2D eigenvalue weighted by atomic mass is 16.5. The lowest BCUT2D eigenvalue weighted by molar-refractivity contribution is 0.0948. The van der Waals surface area contributed by atoms with Crippen LogP contribution in [0, 0.1) is 0 Å².